The maximum absolute atomic E-state index is 12.3. The number of aromatic nitrogens is 2. The lowest BCUT2D eigenvalue weighted by Crippen LogP contribution is -2.38. The van der Waals surface area contributed by atoms with Crippen LogP contribution in [0.2, 0.25) is 5.15 Å². The van der Waals surface area contributed by atoms with E-state index in [9.17, 15) is 4.79 Å². The zero-order chi connectivity index (χ0) is 15.0. The third kappa shape index (κ3) is 3.12. The Kier molecular flexibility index (Phi) is 4.02. The van der Waals surface area contributed by atoms with Crippen LogP contribution in [0.5, 0.6) is 0 Å². The molecule has 1 aromatic rings. The van der Waals surface area contributed by atoms with Gasteiger partial charge in [-0.1, -0.05) is 11.6 Å². The highest BCUT2D eigenvalue weighted by Crippen LogP contribution is 2.39. The van der Waals surface area contributed by atoms with E-state index >= 15 is 0 Å². The van der Waals surface area contributed by atoms with E-state index in [1.165, 1.54) is 0 Å². The second kappa shape index (κ2) is 5.79. The van der Waals surface area contributed by atoms with Gasteiger partial charge in [0.1, 0.15) is 16.8 Å². The Morgan fingerprint density at radius 1 is 1.33 bits per heavy atom. The van der Waals surface area contributed by atoms with Crippen LogP contribution in [0.1, 0.15) is 43.0 Å². The van der Waals surface area contributed by atoms with Crippen LogP contribution in [0.3, 0.4) is 0 Å². The number of hydrogen-bond acceptors (Lipinski definition) is 4. The monoisotopic (exact) mass is 308 g/mol. The van der Waals surface area contributed by atoms with Crippen molar-refractivity contribution in [2.24, 2.45) is 0 Å². The molecule has 3 rings (SSSR count). The van der Waals surface area contributed by atoms with Crippen molar-refractivity contribution in [3.63, 3.8) is 0 Å². The van der Waals surface area contributed by atoms with E-state index in [2.05, 4.69) is 9.97 Å². The first-order valence-corrected chi connectivity index (χ1v) is 7.97. The molecule has 0 unspecified atom stereocenters. The number of likely N-dealkylation sites (N-methyl/N-ethyl adjacent to an activating group) is 1. The highest BCUT2D eigenvalue weighted by Gasteiger charge is 2.29. The molecule has 1 saturated carbocycles. The van der Waals surface area contributed by atoms with Crippen LogP contribution in [0.15, 0.2) is 0 Å². The van der Waals surface area contributed by atoms with E-state index in [0.29, 0.717) is 17.6 Å². The molecule has 1 aromatic heterocycles. The summed E-state index contributed by atoms with van der Waals surface area (Å²) in [6, 6.07) is 0. The smallest absolute Gasteiger partial charge is 0.242 e. The van der Waals surface area contributed by atoms with Crippen molar-refractivity contribution in [1.29, 1.82) is 0 Å². The van der Waals surface area contributed by atoms with Gasteiger partial charge in [0.05, 0.1) is 6.54 Å². The molecule has 2 fully saturated rings. The van der Waals surface area contributed by atoms with Gasteiger partial charge < -0.3 is 9.80 Å². The first-order valence-electron chi connectivity index (χ1n) is 7.59. The molecule has 1 aliphatic carbocycles. The number of carbonyl (C=O) groups excluding carboxylic acids is 1. The fourth-order valence-electron chi connectivity index (χ4n) is 2.73. The molecule has 1 amide bonds. The standard InChI is InChI=1S/C15H21ClN4O/c1-10-13(16)17-14(11-5-6-11)18-15(10)19(2)9-12(21)20-7-3-4-8-20/h11H,3-9H2,1-2H3. The van der Waals surface area contributed by atoms with Gasteiger partial charge in [-0.2, -0.15) is 0 Å². The minimum absolute atomic E-state index is 0.164. The molecule has 6 heteroatoms. The molecule has 0 aromatic carbocycles. The average Bonchev–Trinajstić information content (AvgIpc) is 3.15. The zero-order valence-corrected chi connectivity index (χ0v) is 13.4. The summed E-state index contributed by atoms with van der Waals surface area (Å²) in [6.45, 7) is 4.01. The van der Waals surface area contributed by atoms with E-state index in [4.69, 9.17) is 11.6 Å². The topological polar surface area (TPSA) is 49.3 Å². The van der Waals surface area contributed by atoms with Gasteiger partial charge in [0.2, 0.25) is 5.91 Å². The van der Waals surface area contributed by atoms with Crippen LogP contribution in [-0.4, -0.2) is 47.5 Å². The van der Waals surface area contributed by atoms with Gasteiger partial charge in [0, 0.05) is 31.6 Å². The Hall–Kier alpha value is -1.36. The van der Waals surface area contributed by atoms with Gasteiger partial charge >= 0.3 is 0 Å². The predicted molar refractivity (Wildman–Crippen MR) is 82.8 cm³/mol. The lowest BCUT2D eigenvalue weighted by Gasteiger charge is -2.23. The van der Waals surface area contributed by atoms with Gasteiger partial charge in [-0.05, 0) is 32.6 Å². The van der Waals surface area contributed by atoms with Crippen LogP contribution in [0.4, 0.5) is 5.82 Å². The van der Waals surface area contributed by atoms with Crippen LogP contribution >= 0.6 is 11.6 Å². The fraction of sp³-hybridized carbons (Fsp3) is 0.667. The van der Waals surface area contributed by atoms with Crippen molar-refractivity contribution in [2.45, 2.75) is 38.5 Å². The molecular weight excluding hydrogens is 288 g/mol. The number of halogens is 1. The number of anilines is 1. The van der Waals surface area contributed by atoms with Crippen LogP contribution < -0.4 is 4.90 Å². The van der Waals surface area contributed by atoms with Crippen LogP contribution in [0, 0.1) is 6.92 Å². The van der Waals surface area contributed by atoms with Gasteiger partial charge in [-0.15, -0.1) is 0 Å². The molecule has 1 saturated heterocycles. The molecule has 1 aliphatic heterocycles. The lowest BCUT2D eigenvalue weighted by atomic mass is 10.3. The highest BCUT2D eigenvalue weighted by molar-refractivity contribution is 6.30. The van der Waals surface area contributed by atoms with Gasteiger partial charge in [-0.25, -0.2) is 9.97 Å². The summed E-state index contributed by atoms with van der Waals surface area (Å²) in [4.78, 5) is 25.1. The van der Waals surface area contributed by atoms with Crippen LogP contribution in [0.25, 0.3) is 0 Å². The molecule has 0 radical (unpaired) electrons. The van der Waals surface area contributed by atoms with Gasteiger partial charge in [-0.3, -0.25) is 4.79 Å². The maximum Gasteiger partial charge on any atom is 0.242 e. The number of amides is 1. The van der Waals surface area contributed by atoms with E-state index in [1.807, 2.05) is 23.8 Å². The first kappa shape index (κ1) is 14.6. The Balaban J connectivity index is 1.76. The summed E-state index contributed by atoms with van der Waals surface area (Å²) in [5.74, 6) is 2.21. The van der Waals surface area contributed by atoms with Crippen molar-refractivity contribution in [3.05, 3.63) is 16.5 Å². The minimum Gasteiger partial charge on any atom is -0.350 e. The third-order valence-corrected chi connectivity index (χ3v) is 4.58. The summed E-state index contributed by atoms with van der Waals surface area (Å²) < 4.78 is 0. The number of likely N-dealkylation sites (tertiary alicyclic amines) is 1. The molecule has 0 bridgehead atoms. The molecule has 5 nitrogen and oxygen atoms in total. The highest BCUT2D eigenvalue weighted by atomic mass is 35.5. The van der Waals surface area contributed by atoms with E-state index in [-0.39, 0.29) is 5.91 Å². The maximum atomic E-state index is 12.3. The first-order chi connectivity index (χ1) is 10.1. The summed E-state index contributed by atoms with van der Waals surface area (Å²) in [5, 5.41) is 0.502. The number of carbonyl (C=O) groups is 1. The quantitative estimate of drug-likeness (QED) is 0.801. The summed E-state index contributed by atoms with van der Waals surface area (Å²) in [6.07, 6.45) is 4.49. The van der Waals surface area contributed by atoms with E-state index in [1.54, 1.807) is 0 Å². The third-order valence-electron chi connectivity index (χ3n) is 4.21. The van der Waals surface area contributed by atoms with Crippen molar-refractivity contribution < 1.29 is 4.79 Å². The molecule has 2 heterocycles. The molecule has 21 heavy (non-hydrogen) atoms. The summed E-state index contributed by atoms with van der Waals surface area (Å²) in [5.41, 5.74) is 0.845. The normalized spacial score (nSPS) is 18.1. The van der Waals surface area contributed by atoms with Crippen molar-refractivity contribution >= 4 is 23.3 Å². The van der Waals surface area contributed by atoms with Gasteiger partial charge in [0.15, 0.2) is 0 Å². The minimum atomic E-state index is 0.164. The Morgan fingerprint density at radius 2 is 2.00 bits per heavy atom. The van der Waals surface area contributed by atoms with Crippen molar-refractivity contribution in [2.75, 3.05) is 31.6 Å². The number of rotatable bonds is 4. The summed E-state index contributed by atoms with van der Waals surface area (Å²) >= 11 is 6.23. The SMILES string of the molecule is Cc1c(Cl)nc(C2CC2)nc1N(C)CC(=O)N1CCCC1. The Labute approximate surface area is 130 Å². The predicted octanol–water partition coefficient (Wildman–Crippen LogP) is 2.37. The molecule has 114 valence electrons. The van der Waals surface area contributed by atoms with Crippen molar-refractivity contribution in [3.8, 4) is 0 Å². The Bertz CT molecular complexity index is 553. The van der Waals surface area contributed by atoms with Gasteiger partial charge in [0.25, 0.3) is 0 Å². The molecule has 0 atom stereocenters. The van der Waals surface area contributed by atoms with E-state index < -0.39 is 0 Å². The fourth-order valence-corrected chi connectivity index (χ4v) is 2.91. The van der Waals surface area contributed by atoms with Crippen molar-refractivity contribution in [1.82, 2.24) is 14.9 Å². The number of nitrogens with zero attached hydrogens (tertiary/aromatic N) is 4. The Morgan fingerprint density at radius 3 is 2.62 bits per heavy atom. The molecule has 0 spiro atoms. The van der Waals surface area contributed by atoms with E-state index in [0.717, 1.165) is 56.0 Å². The molecule has 2 aliphatic rings. The number of hydrogen-bond donors (Lipinski definition) is 0. The average molecular weight is 309 g/mol. The largest absolute Gasteiger partial charge is 0.350 e. The molecule has 0 N–H and O–H groups in total. The summed E-state index contributed by atoms with van der Waals surface area (Å²) in [7, 11) is 1.90. The lowest BCUT2D eigenvalue weighted by molar-refractivity contribution is -0.128. The zero-order valence-electron chi connectivity index (χ0n) is 12.6. The second-order valence-electron chi connectivity index (χ2n) is 6.04. The second-order valence-corrected chi connectivity index (χ2v) is 6.40. The van der Waals surface area contributed by atoms with Crippen LogP contribution in [-0.2, 0) is 4.79 Å². The molecular formula is C15H21ClN4O.